The van der Waals surface area contributed by atoms with Gasteiger partial charge in [0.15, 0.2) is 23.0 Å². The second-order valence-corrected chi connectivity index (χ2v) is 8.76. The number of rotatable bonds is 9. The predicted octanol–water partition coefficient (Wildman–Crippen LogP) is 4.81. The zero-order valence-electron chi connectivity index (χ0n) is 18.7. The van der Waals surface area contributed by atoms with Gasteiger partial charge >= 0.3 is 0 Å². The Hall–Kier alpha value is -3.32. The van der Waals surface area contributed by atoms with E-state index in [4.69, 9.17) is 14.2 Å². The number of aromatic hydroxyl groups is 1. The summed E-state index contributed by atoms with van der Waals surface area (Å²) < 4.78 is 16.8. The maximum Gasteiger partial charge on any atom is 0.233 e. The number of thioether (sulfide) groups is 1. The normalized spacial score (nSPS) is 15.5. The van der Waals surface area contributed by atoms with Gasteiger partial charge in [0.05, 0.1) is 20.0 Å². The molecule has 0 spiro atoms. The van der Waals surface area contributed by atoms with Gasteiger partial charge in [-0.15, -0.1) is 11.8 Å². The molecular formula is C26H27NO5S. The van der Waals surface area contributed by atoms with Crippen molar-refractivity contribution in [3.8, 4) is 23.0 Å². The quantitative estimate of drug-likeness (QED) is 0.489. The van der Waals surface area contributed by atoms with Crippen LogP contribution in [0.25, 0.3) is 0 Å². The Morgan fingerprint density at radius 2 is 1.73 bits per heavy atom. The average Bonchev–Trinajstić information content (AvgIpc) is 3.22. The van der Waals surface area contributed by atoms with Gasteiger partial charge in [0.1, 0.15) is 12.0 Å². The number of phenolic OH excluding ortho intramolecular Hbond substituents is 1. The van der Waals surface area contributed by atoms with Crippen LogP contribution in [-0.4, -0.2) is 42.4 Å². The van der Waals surface area contributed by atoms with E-state index in [-0.39, 0.29) is 17.0 Å². The maximum atomic E-state index is 12.6. The molecule has 1 fully saturated rings. The minimum Gasteiger partial charge on any atom is -0.504 e. The fourth-order valence-electron chi connectivity index (χ4n) is 3.79. The van der Waals surface area contributed by atoms with Crippen molar-refractivity contribution < 1.29 is 24.1 Å². The molecule has 0 radical (unpaired) electrons. The SMILES string of the molecule is COc1cc(CCN2C(=O)CSC2c2ccc(OCc3ccccc3)c(OC)c2)ccc1O. The standard InChI is InChI=1S/C26H27NO5S/c1-30-23-14-18(8-10-21(23)28)12-13-27-25(29)17-33-26(27)20-9-11-22(24(15-20)31-2)32-16-19-6-4-3-5-7-19/h3-11,14-15,26,28H,12-13,16-17H2,1-2H3. The molecule has 1 atom stereocenters. The van der Waals surface area contributed by atoms with Crippen molar-refractivity contribution in [2.75, 3.05) is 26.5 Å². The van der Waals surface area contributed by atoms with Crippen molar-refractivity contribution in [2.45, 2.75) is 18.4 Å². The summed E-state index contributed by atoms with van der Waals surface area (Å²) in [4.78, 5) is 14.5. The Balaban J connectivity index is 1.46. The number of carbonyl (C=O) groups is 1. The molecule has 172 valence electrons. The van der Waals surface area contributed by atoms with Gasteiger partial charge in [-0.25, -0.2) is 0 Å². The molecule has 1 N–H and O–H groups in total. The minimum absolute atomic E-state index is 0.0893. The number of hydrogen-bond acceptors (Lipinski definition) is 6. The minimum atomic E-state index is -0.0893. The summed E-state index contributed by atoms with van der Waals surface area (Å²) in [7, 11) is 3.15. The molecule has 1 aliphatic rings. The molecule has 1 amide bonds. The lowest BCUT2D eigenvalue weighted by Crippen LogP contribution is -2.30. The van der Waals surface area contributed by atoms with Crippen LogP contribution in [0, 0.1) is 0 Å². The van der Waals surface area contributed by atoms with Gasteiger partial charge in [0.2, 0.25) is 5.91 Å². The molecular weight excluding hydrogens is 438 g/mol. The van der Waals surface area contributed by atoms with Crippen molar-refractivity contribution in [3.05, 3.63) is 83.4 Å². The van der Waals surface area contributed by atoms with Gasteiger partial charge in [0, 0.05) is 6.54 Å². The highest BCUT2D eigenvalue weighted by Crippen LogP contribution is 2.42. The second kappa shape index (κ2) is 10.5. The lowest BCUT2D eigenvalue weighted by molar-refractivity contribution is -0.128. The third-order valence-corrected chi connectivity index (χ3v) is 6.82. The van der Waals surface area contributed by atoms with Crippen molar-refractivity contribution in [2.24, 2.45) is 0 Å². The van der Waals surface area contributed by atoms with Crippen molar-refractivity contribution >= 4 is 17.7 Å². The third kappa shape index (κ3) is 5.37. The highest BCUT2D eigenvalue weighted by Gasteiger charge is 2.33. The average molecular weight is 466 g/mol. The molecule has 7 heteroatoms. The molecule has 6 nitrogen and oxygen atoms in total. The molecule has 0 aromatic heterocycles. The van der Waals surface area contributed by atoms with E-state index in [1.54, 1.807) is 31.0 Å². The maximum absolute atomic E-state index is 12.6. The number of carbonyl (C=O) groups excluding carboxylic acids is 1. The second-order valence-electron chi connectivity index (χ2n) is 7.69. The highest BCUT2D eigenvalue weighted by molar-refractivity contribution is 8.00. The van der Waals surface area contributed by atoms with Crippen LogP contribution in [0.15, 0.2) is 66.7 Å². The fourth-order valence-corrected chi connectivity index (χ4v) is 5.00. The van der Waals surface area contributed by atoms with Crippen molar-refractivity contribution in [1.82, 2.24) is 4.90 Å². The van der Waals surface area contributed by atoms with Gasteiger partial charge < -0.3 is 24.2 Å². The number of benzene rings is 3. The van der Waals surface area contributed by atoms with Crippen LogP contribution in [0.4, 0.5) is 0 Å². The van der Waals surface area contributed by atoms with Gasteiger partial charge in [0.25, 0.3) is 0 Å². The molecule has 33 heavy (non-hydrogen) atoms. The number of phenols is 1. The van der Waals surface area contributed by atoms with Crippen LogP contribution in [0.1, 0.15) is 22.1 Å². The topological polar surface area (TPSA) is 68.2 Å². The molecule has 1 heterocycles. The Labute approximate surface area is 198 Å². The largest absolute Gasteiger partial charge is 0.504 e. The number of amides is 1. The van der Waals surface area contributed by atoms with Crippen LogP contribution in [-0.2, 0) is 17.8 Å². The molecule has 1 aliphatic heterocycles. The fraction of sp³-hybridized carbons (Fsp3) is 0.269. The Kier molecular flexibility index (Phi) is 7.29. The molecule has 0 bridgehead atoms. The summed E-state index contributed by atoms with van der Waals surface area (Å²) in [5.41, 5.74) is 3.07. The van der Waals surface area contributed by atoms with Crippen LogP contribution >= 0.6 is 11.8 Å². The highest BCUT2D eigenvalue weighted by atomic mass is 32.2. The van der Waals surface area contributed by atoms with E-state index in [9.17, 15) is 9.90 Å². The number of ether oxygens (including phenoxy) is 3. The number of hydrogen-bond donors (Lipinski definition) is 1. The molecule has 1 unspecified atom stereocenters. The van der Waals surface area contributed by atoms with E-state index in [2.05, 4.69) is 0 Å². The van der Waals surface area contributed by atoms with Gasteiger partial charge in [-0.05, 0) is 47.4 Å². The molecule has 3 aromatic rings. The van der Waals surface area contributed by atoms with Crippen LogP contribution in [0.2, 0.25) is 0 Å². The van der Waals surface area contributed by atoms with Crippen LogP contribution in [0.5, 0.6) is 23.0 Å². The van der Waals surface area contributed by atoms with E-state index in [1.807, 2.05) is 59.5 Å². The molecule has 4 rings (SSSR count). The number of methoxy groups -OCH3 is 2. The first-order valence-electron chi connectivity index (χ1n) is 10.7. The summed E-state index contributed by atoms with van der Waals surface area (Å²) >= 11 is 1.61. The lowest BCUT2D eigenvalue weighted by Gasteiger charge is -2.25. The van der Waals surface area contributed by atoms with Gasteiger partial charge in [-0.2, -0.15) is 0 Å². The Bertz CT molecular complexity index is 1110. The first-order chi connectivity index (χ1) is 16.1. The van der Waals surface area contributed by atoms with Crippen molar-refractivity contribution in [1.29, 1.82) is 0 Å². The zero-order valence-corrected chi connectivity index (χ0v) is 19.5. The van der Waals surface area contributed by atoms with E-state index in [0.717, 1.165) is 16.7 Å². The Morgan fingerprint density at radius 1 is 0.939 bits per heavy atom. The van der Waals surface area contributed by atoms with Gasteiger partial charge in [-0.1, -0.05) is 42.5 Å². The van der Waals surface area contributed by atoms with E-state index >= 15 is 0 Å². The molecule has 0 aliphatic carbocycles. The van der Waals surface area contributed by atoms with Crippen LogP contribution < -0.4 is 14.2 Å². The first kappa shape index (κ1) is 22.9. The smallest absolute Gasteiger partial charge is 0.233 e. The van der Waals surface area contributed by atoms with E-state index in [0.29, 0.717) is 42.6 Å². The summed E-state index contributed by atoms with van der Waals surface area (Å²) in [6.07, 6.45) is 0.662. The van der Waals surface area contributed by atoms with Crippen molar-refractivity contribution in [3.63, 3.8) is 0 Å². The van der Waals surface area contributed by atoms with Crippen LogP contribution in [0.3, 0.4) is 0 Å². The summed E-state index contributed by atoms with van der Waals surface area (Å²) in [5.74, 6) is 2.40. The Morgan fingerprint density at radius 3 is 2.48 bits per heavy atom. The molecule has 0 saturated carbocycles. The zero-order chi connectivity index (χ0) is 23.2. The predicted molar refractivity (Wildman–Crippen MR) is 129 cm³/mol. The van der Waals surface area contributed by atoms with E-state index < -0.39 is 0 Å². The van der Waals surface area contributed by atoms with E-state index in [1.165, 1.54) is 7.11 Å². The lowest BCUT2D eigenvalue weighted by atomic mass is 10.1. The summed E-state index contributed by atoms with van der Waals surface area (Å²) in [6.45, 7) is 1.02. The summed E-state index contributed by atoms with van der Waals surface area (Å²) in [6, 6.07) is 21.1. The molecule has 3 aromatic carbocycles. The first-order valence-corrected chi connectivity index (χ1v) is 11.8. The molecule has 1 saturated heterocycles. The van der Waals surface area contributed by atoms with Gasteiger partial charge in [-0.3, -0.25) is 4.79 Å². The third-order valence-electron chi connectivity index (χ3n) is 5.56. The monoisotopic (exact) mass is 465 g/mol. The summed E-state index contributed by atoms with van der Waals surface area (Å²) in [5, 5.41) is 9.72. The number of nitrogens with zero attached hydrogens (tertiary/aromatic N) is 1.